The highest BCUT2D eigenvalue weighted by Crippen LogP contribution is 2.28. The number of halogens is 3. The molecule has 0 bridgehead atoms. The van der Waals surface area contributed by atoms with Crippen molar-refractivity contribution in [3.63, 3.8) is 0 Å². The molecule has 0 aliphatic rings. The minimum atomic E-state index is -3.46. The SMILES string of the molecule is CCCC(F)C(F)(F)S. The van der Waals surface area contributed by atoms with Gasteiger partial charge in [0, 0.05) is 0 Å². The Morgan fingerprint density at radius 1 is 1.56 bits per heavy atom. The number of hydrogen-bond acceptors (Lipinski definition) is 1. The first-order valence-corrected chi connectivity index (χ1v) is 3.17. The van der Waals surface area contributed by atoms with Gasteiger partial charge in [0.05, 0.1) is 0 Å². The predicted octanol–water partition coefficient (Wildman–Crippen LogP) is 2.65. The van der Waals surface area contributed by atoms with E-state index in [4.69, 9.17) is 0 Å². The van der Waals surface area contributed by atoms with E-state index in [9.17, 15) is 13.2 Å². The molecule has 0 fully saturated rings. The summed E-state index contributed by atoms with van der Waals surface area (Å²) in [5.74, 6) is 0. The normalized spacial score (nSPS) is 15.7. The zero-order chi connectivity index (χ0) is 7.49. The summed E-state index contributed by atoms with van der Waals surface area (Å²) in [6.45, 7) is 1.64. The van der Waals surface area contributed by atoms with E-state index < -0.39 is 11.4 Å². The van der Waals surface area contributed by atoms with Gasteiger partial charge >= 0.3 is 5.25 Å². The Balaban J connectivity index is 3.59. The van der Waals surface area contributed by atoms with E-state index in [2.05, 4.69) is 12.6 Å². The first-order chi connectivity index (χ1) is 3.98. The molecule has 0 saturated carbocycles. The number of alkyl halides is 3. The summed E-state index contributed by atoms with van der Waals surface area (Å²) >= 11 is 2.78. The van der Waals surface area contributed by atoms with Crippen molar-refractivity contribution >= 4 is 12.6 Å². The van der Waals surface area contributed by atoms with Crippen LogP contribution in [0, 0.1) is 0 Å². The van der Waals surface area contributed by atoms with Gasteiger partial charge in [0.1, 0.15) is 0 Å². The van der Waals surface area contributed by atoms with Crippen LogP contribution < -0.4 is 0 Å². The average molecular weight is 158 g/mol. The lowest BCUT2D eigenvalue weighted by Gasteiger charge is -2.12. The highest BCUT2D eigenvalue weighted by molar-refractivity contribution is 7.81. The first kappa shape index (κ1) is 9.14. The molecule has 56 valence electrons. The van der Waals surface area contributed by atoms with Crippen molar-refractivity contribution in [1.82, 2.24) is 0 Å². The van der Waals surface area contributed by atoms with Crippen molar-refractivity contribution in [2.45, 2.75) is 31.2 Å². The van der Waals surface area contributed by atoms with Crippen LogP contribution >= 0.6 is 12.6 Å². The fraction of sp³-hybridized carbons (Fsp3) is 1.00. The van der Waals surface area contributed by atoms with Crippen molar-refractivity contribution in [2.24, 2.45) is 0 Å². The number of thiol groups is 1. The van der Waals surface area contributed by atoms with E-state index in [1.807, 2.05) is 0 Å². The lowest BCUT2D eigenvalue weighted by atomic mass is 10.2. The third-order valence-corrected chi connectivity index (χ3v) is 1.20. The third-order valence-electron chi connectivity index (χ3n) is 0.919. The zero-order valence-electron chi connectivity index (χ0n) is 5.07. The lowest BCUT2D eigenvalue weighted by Crippen LogP contribution is -2.22. The van der Waals surface area contributed by atoms with Crippen molar-refractivity contribution in [3.8, 4) is 0 Å². The molecule has 0 spiro atoms. The van der Waals surface area contributed by atoms with Crippen LogP contribution in [-0.4, -0.2) is 11.4 Å². The highest BCUT2D eigenvalue weighted by Gasteiger charge is 2.34. The van der Waals surface area contributed by atoms with Crippen LogP contribution in [0.15, 0.2) is 0 Å². The first-order valence-electron chi connectivity index (χ1n) is 2.72. The molecule has 0 radical (unpaired) electrons. The Labute approximate surface area is 57.9 Å². The van der Waals surface area contributed by atoms with Crippen LogP contribution in [0.2, 0.25) is 0 Å². The van der Waals surface area contributed by atoms with Crippen molar-refractivity contribution in [2.75, 3.05) is 0 Å². The topological polar surface area (TPSA) is 0 Å². The molecule has 0 heterocycles. The minimum absolute atomic E-state index is 0.128. The molecule has 0 amide bonds. The van der Waals surface area contributed by atoms with Gasteiger partial charge in [-0.1, -0.05) is 13.3 Å². The Morgan fingerprint density at radius 3 is 2.11 bits per heavy atom. The van der Waals surface area contributed by atoms with Gasteiger partial charge in [-0.2, -0.15) is 8.78 Å². The number of hydrogen-bond donors (Lipinski definition) is 1. The average Bonchev–Trinajstić information content (AvgIpc) is 1.64. The van der Waals surface area contributed by atoms with E-state index in [0.717, 1.165) is 0 Å². The van der Waals surface area contributed by atoms with Gasteiger partial charge < -0.3 is 0 Å². The quantitative estimate of drug-likeness (QED) is 0.600. The largest absolute Gasteiger partial charge is 0.321 e. The zero-order valence-corrected chi connectivity index (χ0v) is 5.97. The van der Waals surface area contributed by atoms with Crippen LogP contribution in [-0.2, 0) is 0 Å². The summed E-state index contributed by atoms with van der Waals surface area (Å²) in [4.78, 5) is 0. The molecule has 0 aromatic heterocycles. The fourth-order valence-corrected chi connectivity index (χ4v) is 0.556. The van der Waals surface area contributed by atoms with E-state index in [-0.39, 0.29) is 6.42 Å². The van der Waals surface area contributed by atoms with E-state index in [1.165, 1.54) is 0 Å². The second kappa shape index (κ2) is 3.34. The van der Waals surface area contributed by atoms with E-state index >= 15 is 0 Å². The van der Waals surface area contributed by atoms with Crippen molar-refractivity contribution in [3.05, 3.63) is 0 Å². The van der Waals surface area contributed by atoms with E-state index in [1.54, 1.807) is 6.92 Å². The second-order valence-electron chi connectivity index (χ2n) is 1.84. The second-order valence-corrected chi connectivity index (χ2v) is 2.44. The molecule has 0 N–H and O–H groups in total. The predicted molar refractivity (Wildman–Crippen MR) is 33.7 cm³/mol. The molecule has 0 aromatic carbocycles. The Morgan fingerprint density at radius 2 is 2.00 bits per heavy atom. The summed E-state index contributed by atoms with van der Waals surface area (Å²) in [7, 11) is 0. The standard InChI is InChI=1S/C5H9F3S/c1-2-3-4(6)5(7,8)9/h4,9H,2-3H2,1H3. The molecule has 0 aliphatic heterocycles. The highest BCUT2D eigenvalue weighted by atomic mass is 32.1. The lowest BCUT2D eigenvalue weighted by molar-refractivity contribution is 0.0127. The maximum absolute atomic E-state index is 12.1. The summed E-state index contributed by atoms with van der Waals surface area (Å²) in [6.07, 6.45) is -1.82. The van der Waals surface area contributed by atoms with Gasteiger partial charge in [-0.15, -0.1) is 12.6 Å². The number of rotatable bonds is 3. The van der Waals surface area contributed by atoms with Crippen molar-refractivity contribution in [1.29, 1.82) is 0 Å². The van der Waals surface area contributed by atoms with Gasteiger partial charge in [-0.25, -0.2) is 4.39 Å². The Kier molecular flexibility index (Phi) is 3.40. The molecule has 0 nitrogen and oxygen atoms in total. The third kappa shape index (κ3) is 3.67. The van der Waals surface area contributed by atoms with Crippen LogP contribution in [0.3, 0.4) is 0 Å². The Hall–Kier alpha value is 0.140. The van der Waals surface area contributed by atoms with Gasteiger partial charge in [-0.05, 0) is 6.42 Å². The van der Waals surface area contributed by atoms with Crippen molar-refractivity contribution < 1.29 is 13.2 Å². The van der Waals surface area contributed by atoms with E-state index in [0.29, 0.717) is 6.42 Å². The molecule has 0 aliphatic carbocycles. The summed E-state index contributed by atoms with van der Waals surface area (Å²) < 4.78 is 35.7. The smallest absolute Gasteiger partial charge is 0.240 e. The molecule has 9 heavy (non-hydrogen) atoms. The van der Waals surface area contributed by atoms with Crippen LogP contribution in [0.1, 0.15) is 19.8 Å². The molecule has 4 heteroatoms. The molecular weight excluding hydrogens is 149 g/mol. The maximum atomic E-state index is 12.1. The minimum Gasteiger partial charge on any atom is -0.240 e. The van der Waals surface area contributed by atoms with Crippen LogP contribution in [0.25, 0.3) is 0 Å². The molecule has 0 aromatic rings. The summed E-state index contributed by atoms with van der Waals surface area (Å²) in [5, 5.41) is -3.46. The van der Waals surface area contributed by atoms with Gasteiger partial charge in [-0.3, -0.25) is 0 Å². The van der Waals surface area contributed by atoms with Gasteiger partial charge in [0.2, 0.25) is 0 Å². The van der Waals surface area contributed by atoms with Crippen LogP contribution in [0.4, 0.5) is 13.2 Å². The molecule has 1 unspecified atom stereocenters. The van der Waals surface area contributed by atoms with Crippen LogP contribution in [0.5, 0.6) is 0 Å². The molecule has 1 atom stereocenters. The maximum Gasteiger partial charge on any atom is 0.321 e. The van der Waals surface area contributed by atoms with Gasteiger partial charge in [0.25, 0.3) is 0 Å². The molecule has 0 rings (SSSR count). The molecule has 0 saturated heterocycles. The van der Waals surface area contributed by atoms with Gasteiger partial charge in [0.15, 0.2) is 6.17 Å². The monoisotopic (exact) mass is 158 g/mol. The summed E-state index contributed by atoms with van der Waals surface area (Å²) in [6, 6.07) is 0. The molecular formula is C5H9F3S. The fourth-order valence-electron chi connectivity index (χ4n) is 0.427. The Bertz CT molecular complexity index is 78.8. The summed E-state index contributed by atoms with van der Waals surface area (Å²) in [5.41, 5.74) is 0.